The van der Waals surface area contributed by atoms with Crippen LogP contribution in [0.5, 0.6) is 0 Å². The lowest BCUT2D eigenvalue weighted by Crippen LogP contribution is -2.31. The molecule has 0 aliphatic carbocycles. The minimum atomic E-state index is -1.04. The summed E-state index contributed by atoms with van der Waals surface area (Å²) >= 11 is 36.9. The number of thiocarbonyl (C=S) groups is 4. The lowest BCUT2D eigenvalue weighted by molar-refractivity contribution is -0.139. The maximum Gasteiger partial charge on any atom is 1.00 e. The number of carboxylic acid groups (broad SMARTS) is 2. The van der Waals surface area contributed by atoms with E-state index in [0.717, 1.165) is 23.5 Å². The van der Waals surface area contributed by atoms with Gasteiger partial charge in [-0.15, -0.1) is 12.6 Å². The average molecular weight is 615 g/mol. The molecule has 0 unspecified atom stereocenters. The van der Waals surface area contributed by atoms with E-state index < -0.39 is 25.7 Å². The molecule has 5 nitrogen and oxygen atoms in total. The smallest absolute Gasteiger partial charge is 0.480 e. The van der Waals surface area contributed by atoms with Crippen LogP contribution in [0.1, 0.15) is 43.0 Å². The zero-order valence-electron chi connectivity index (χ0n) is 17.8. The number of carboxylic acids is 2. The van der Waals surface area contributed by atoms with Crippen LogP contribution in [0.4, 0.5) is 0 Å². The molecule has 0 aromatic carbocycles. The van der Waals surface area contributed by atoms with Gasteiger partial charge in [-0.1, -0.05) is 82.8 Å². The van der Waals surface area contributed by atoms with Crippen molar-refractivity contribution in [1.82, 2.24) is 0 Å². The highest BCUT2D eigenvalue weighted by molar-refractivity contribution is 8.48. The fourth-order valence-corrected chi connectivity index (χ4v) is 4.20. The van der Waals surface area contributed by atoms with Gasteiger partial charge in [0.25, 0.3) is 0 Å². The molecule has 0 saturated carbocycles. The predicted molar refractivity (Wildman–Crippen MR) is 153 cm³/mol. The van der Waals surface area contributed by atoms with E-state index in [1.807, 2.05) is 4.31 Å². The van der Waals surface area contributed by atoms with Gasteiger partial charge in [0.15, 0.2) is 4.30 Å². The Balaban J connectivity index is -0.0000000853. The number of hydrogen-bond acceptors (Lipinski definition) is 9. The molecule has 0 aliphatic heterocycles. The Bertz CT molecular complexity index is 549. The van der Waals surface area contributed by atoms with E-state index in [-0.39, 0.29) is 7.21 Å². The molecule has 0 rings (SSSR count). The quantitative estimate of drug-likeness (QED) is 0.173. The van der Waals surface area contributed by atoms with Gasteiger partial charge in [0.05, 0.1) is 0 Å². The van der Waals surface area contributed by atoms with E-state index in [0.29, 0.717) is 3.53 Å². The number of carbonyl (C=O) groups excluding carboxylic acids is 1. The summed E-state index contributed by atoms with van der Waals surface area (Å²) in [5.74, 6) is -1.79. The van der Waals surface area contributed by atoms with Gasteiger partial charge in [0.1, 0.15) is 18.8 Å². The summed E-state index contributed by atoms with van der Waals surface area (Å²) < 4.78 is 0.678. The summed E-state index contributed by atoms with van der Waals surface area (Å²) in [6.07, 6.45) is 0. The van der Waals surface area contributed by atoms with Crippen LogP contribution in [0.15, 0.2) is 0 Å². The third kappa shape index (κ3) is 42.9. The maximum atomic E-state index is 10.8. The fraction of sp³-hybridized carbons (Fsp3) is 0.600. The van der Waals surface area contributed by atoms with Crippen molar-refractivity contribution in [3.8, 4) is 0 Å². The van der Waals surface area contributed by atoms with Crippen LogP contribution in [0.2, 0.25) is 0 Å². The van der Waals surface area contributed by atoms with Gasteiger partial charge in [0, 0.05) is 9.01 Å². The van der Waals surface area contributed by atoms with E-state index in [1.54, 1.807) is 0 Å². The third-order valence-corrected chi connectivity index (χ3v) is 4.41. The predicted octanol–water partition coefficient (Wildman–Crippen LogP) is 7.05. The van der Waals surface area contributed by atoms with Crippen LogP contribution < -0.4 is 0 Å². The second-order valence-electron chi connectivity index (χ2n) is 5.43. The zero-order chi connectivity index (χ0) is 25.7. The van der Waals surface area contributed by atoms with Crippen molar-refractivity contribution in [2.75, 3.05) is 0 Å². The Kier molecular flexibility index (Phi) is 33.7. The number of rotatable bonds is 4. The van der Waals surface area contributed by atoms with Gasteiger partial charge in [-0.3, -0.25) is 9.59 Å². The van der Waals surface area contributed by atoms with Crippen LogP contribution in [0.25, 0.3) is 0 Å². The van der Waals surface area contributed by atoms with E-state index >= 15 is 0 Å². The van der Waals surface area contributed by atoms with Crippen LogP contribution in [0, 0.1) is 0 Å². The monoisotopic (exact) mass is 613 g/mol. The standard InChI is InChI=1S/C9H14O4S3.C3H6O.CHCl3.CH2S2.CS2/c1-8(2,5(10)11)15-7(14)16-9(3,4)6(12)13;1-3(2)4;2-1(3)4;2*2-1-3/h1-4H3,(H,10,11)(H,12,13);1-2H3;1H;1H,(H,2,3);/p+1. The molecule has 0 bridgehead atoms. The summed E-state index contributed by atoms with van der Waals surface area (Å²) in [5, 5.41) is 17.8. The lowest BCUT2D eigenvalue weighted by atomic mass is 10.2. The van der Waals surface area contributed by atoms with Gasteiger partial charge in [0.2, 0.25) is 0 Å². The van der Waals surface area contributed by atoms with Crippen molar-refractivity contribution < 1.29 is 26.0 Å². The van der Waals surface area contributed by atoms with E-state index in [4.69, 9.17) is 57.2 Å². The molecular weight excluding hydrogens is 591 g/mol. The second-order valence-corrected chi connectivity index (χ2v) is 13.4. The van der Waals surface area contributed by atoms with Gasteiger partial charge in [-0.25, -0.2) is 0 Å². The minimum Gasteiger partial charge on any atom is -0.480 e. The first-order valence-corrected chi connectivity index (χ1v) is 12.3. The van der Waals surface area contributed by atoms with Crippen LogP contribution in [-0.4, -0.2) is 54.3 Å². The second kappa shape index (κ2) is 24.6. The van der Waals surface area contributed by atoms with Crippen molar-refractivity contribution in [2.45, 2.75) is 55.3 Å². The van der Waals surface area contributed by atoms with Crippen LogP contribution in [-0.2, 0) is 14.4 Å². The highest BCUT2D eigenvalue weighted by atomic mass is 35.6. The minimum absolute atomic E-state index is 0. The van der Waals surface area contributed by atoms with Crippen molar-refractivity contribution in [1.29, 1.82) is 0 Å². The van der Waals surface area contributed by atoms with Crippen molar-refractivity contribution in [3.05, 3.63) is 0 Å². The molecule has 0 atom stereocenters. The molecule has 0 aliphatic rings. The summed E-state index contributed by atoms with van der Waals surface area (Å²) in [5.41, 5.74) is 0. The number of thioether (sulfide) groups is 2. The van der Waals surface area contributed by atoms with Crippen molar-refractivity contribution >= 4 is 150 Å². The maximum absolute atomic E-state index is 10.8. The zero-order valence-corrected chi connectivity index (χ0v) is 24.9. The number of carbonyl (C=O) groups is 3. The molecule has 0 saturated heterocycles. The molecule has 0 radical (unpaired) electrons. The molecule has 30 heavy (non-hydrogen) atoms. The number of ketones is 1. The van der Waals surface area contributed by atoms with E-state index in [2.05, 4.69) is 49.3 Å². The first-order valence-electron chi connectivity index (χ1n) is 7.14. The molecule has 0 aromatic heterocycles. The first kappa shape index (κ1) is 41.2. The van der Waals surface area contributed by atoms with E-state index in [9.17, 15) is 14.4 Å². The largest absolute Gasteiger partial charge is 1.00 e. The SMILES string of the molecule is CC(C)(SC(=S)SC(C)(C)C(=O)O)C(=O)O.CC(C)=O.ClC(Cl)Cl.S=C=S.S=CS.[H+]. The van der Waals surface area contributed by atoms with Crippen molar-refractivity contribution in [3.63, 3.8) is 0 Å². The number of aliphatic carboxylic acids is 2. The number of thiol groups is 1. The summed E-state index contributed by atoms with van der Waals surface area (Å²) in [6, 6.07) is 0. The molecule has 0 amide bonds. The molecule has 0 heterocycles. The molecular formula is C15H24Cl3O5S7+. The Morgan fingerprint density at radius 3 is 1.23 bits per heavy atom. The van der Waals surface area contributed by atoms with Gasteiger partial charge in [-0.2, -0.15) is 0 Å². The van der Waals surface area contributed by atoms with Crippen LogP contribution in [0.3, 0.4) is 0 Å². The number of alkyl halides is 3. The van der Waals surface area contributed by atoms with Gasteiger partial charge in [-0.05, 0) is 66.0 Å². The number of halogens is 3. The molecule has 0 aromatic rings. The summed E-state index contributed by atoms with van der Waals surface area (Å²) in [7, 11) is 0. The third-order valence-electron chi connectivity index (χ3n) is 1.71. The molecule has 15 heteroatoms. The molecule has 0 fully saturated rings. The topological polar surface area (TPSA) is 91.7 Å². The Labute approximate surface area is 229 Å². The Hall–Kier alpha value is 0.930. The van der Waals surface area contributed by atoms with E-state index in [1.165, 1.54) is 46.2 Å². The van der Waals surface area contributed by atoms with Crippen molar-refractivity contribution in [2.24, 2.45) is 0 Å². The highest BCUT2D eigenvalue weighted by Gasteiger charge is 2.34. The normalized spacial score (nSPS) is 9.30. The highest BCUT2D eigenvalue weighted by Crippen LogP contribution is 2.36. The van der Waals surface area contributed by atoms with Crippen LogP contribution >= 0.6 is 120 Å². The lowest BCUT2D eigenvalue weighted by Gasteiger charge is -2.22. The summed E-state index contributed by atoms with van der Waals surface area (Å²) in [4.78, 5) is 31.1. The van der Waals surface area contributed by atoms with Gasteiger partial charge >= 0.3 is 13.4 Å². The molecule has 176 valence electrons. The summed E-state index contributed by atoms with van der Waals surface area (Å²) in [6.45, 7) is 9.17. The average Bonchev–Trinajstić information content (AvgIpc) is 2.45. The Morgan fingerprint density at radius 2 is 1.13 bits per heavy atom. The fourth-order valence-electron chi connectivity index (χ4n) is 0.525. The van der Waals surface area contributed by atoms with Gasteiger partial charge < -0.3 is 15.0 Å². The number of Topliss-reactive ketones (excluding diaryl/α,β-unsaturated/α-hetero) is 1. The molecule has 0 spiro atoms. The first-order chi connectivity index (χ1) is 13.3. The number of hydrogen-bond donors (Lipinski definition) is 3. The molecule has 2 N–H and O–H groups in total. The Morgan fingerprint density at radius 1 is 1.00 bits per heavy atom.